The second-order valence-electron chi connectivity index (χ2n) is 4.53. The normalized spacial score (nSPS) is 15.3. The number of benzene rings is 1. The summed E-state index contributed by atoms with van der Waals surface area (Å²) in [7, 11) is 0. The maximum absolute atomic E-state index is 13.7. The Morgan fingerprint density at radius 3 is 2.74 bits per heavy atom. The molecule has 4 N–H and O–H groups in total. The van der Waals surface area contributed by atoms with Crippen LogP contribution in [0.25, 0.3) is 0 Å². The van der Waals surface area contributed by atoms with Crippen LogP contribution >= 0.6 is 11.6 Å². The van der Waals surface area contributed by atoms with Crippen LogP contribution in [0.15, 0.2) is 24.5 Å². The van der Waals surface area contributed by atoms with Gasteiger partial charge in [-0.25, -0.2) is 10.2 Å². The molecule has 0 bridgehead atoms. The van der Waals surface area contributed by atoms with Crippen LogP contribution in [-0.2, 0) is 0 Å². The van der Waals surface area contributed by atoms with Crippen molar-refractivity contribution >= 4 is 17.3 Å². The second-order valence-corrected chi connectivity index (χ2v) is 4.94. The number of anilines is 1. The molecule has 6 heteroatoms. The van der Waals surface area contributed by atoms with E-state index in [9.17, 15) is 4.39 Å². The van der Waals surface area contributed by atoms with Crippen LogP contribution in [0.4, 0.5) is 10.1 Å². The smallest absolute Gasteiger partial charge is 0.148 e. The van der Waals surface area contributed by atoms with Crippen molar-refractivity contribution in [3.8, 4) is 5.75 Å². The molecule has 0 aliphatic heterocycles. The lowest BCUT2D eigenvalue weighted by molar-refractivity contribution is 0.210. The van der Waals surface area contributed by atoms with E-state index in [2.05, 4.69) is 17.3 Å². The molecule has 1 fully saturated rings. The van der Waals surface area contributed by atoms with Crippen LogP contribution in [0.2, 0.25) is 5.02 Å². The zero-order valence-corrected chi connectivity index (χ0v) is 11.3. The average Bonchev–Trinajstić information content (AvgIpc) is 2.87. The van der Waals surface area contributed by atoms with Crippen LogP contribution in [0.3, 0.4) is 0 Å². The molecule has 1 saturated carbocycles. The molecule has 0 unspecified atom stereocenters. The highest BCUT2D eigenvalue weighted by atomic mass is 35.5. The van der Waals surface area contributed by atoms with Gasteiger partial charge in [0.05, 0.1) is 16.8 Å². The van der Waals surface area contributed by atoms with Crippen LogP contribution < -0.4 is 21.3 Å². The number of hydrazine groups is 1. The number of hydrogen-bond acceptors (Lipinski definition) is 4. The lowest BCUT2D eigenvalue weighted by Crippen LogP contribution is -2.25. The largest absolute Gasteiger partial charge is 0.489 e. The van der Waals surface area contributed by atoms with Gasteiger partial charge in [-0.2, -0.15) is 0 Å². The molecule has 19 heavy (non-hydrogen) atoms. The third-order valence-corrected chi connectivity index (χ3v) is 3.37. The van der Waals surface area contributed by atoms with Crippen LogP contribution in [0.5, 0.6) is 5.75 Å². The molecule has 1 aromatic rings. The Bertz CT molecular complexity index is 475. The van der Waals surface area contributed by atoms with Gasteiger partial charge in [-0.05, 0) is 31.7 Å². The van der Waals surface area contributed by atoms with E-state index >= 15 is 0 Å². The van der Waals surface area contributed by atoms with Crippen LogP contribution in [-0.4, -0.2) is 6.10 Å². The molecule has 4 nitrogen and oxygen atoms in total. The van der Waals surface area contributed by atoms with Gasteiger partial charge in [-0.15, -0.1) is 0 Å². The Balaban J connectivity index is 2.17. The van der Waals surface area contributed by atoms with E-state index in [0.29, 0.717) is 5.75 Å². The molecule has 2 rings (SSSR count). The number of nitrogens with one attached hydrogen (secondary N) is 2. The first-order valence-corrected chi connectivity index (χ1v) is 6.56. The van der Waals surface area contributed by atoms with Crippen molar-refractivity contribution in [3.05, 3.63) is 35.4 Å². The third kappa shape index (κ3) is 3.52. The van der Waals surface area contributed by atoms with Crippen molar-refractivity contribution in [2.24, 2.45) is 5.84 Å². The third-order valence-electron chi connectivity index (χ3n) is 3.08. The van der Waals surface area contributed by atoms with Gasteiger partial charge in [-0.3, -0.25) is 0 Å². The first-order chi connectivity index (χ1) is 9.10. The molecule has 1 aliphatic rings. The second kappa shape index (κ2) is 6.12. The van der Waals surface area contributed by atoms with Gasteiger partial charge in [0, 0.05) is 6.07 Å². The van der Waals surface area contributed by atoms with Crippen LogP contribution in [0, 0.1) is 5.82 Å². The summed E-state index contributed by atoms with van der Waals surface area (Å²) in [6.45, 7) is 3.58. The number of rotatable bonds is 5. The van der Waals surface area contributed by atoms with Gasteiger partial charge >= 0.3 is 0 Å². The Labute approximate surface area is 116 Å². The molecule has 0 spiro atoms. The fourth-order valence-corrected chi connectivity index (χ4v) is 2.29. The molecule has 104 valence electrons. The van der Waals surface area contributed by atoms with Crippen molar-refractivity contribution in [2.75, 3.05) is 5.32 Å². The van der Waals surface area contributed by atoms with Gasteiger partial charge in [0.1, 0.15) is 17.4 Å². The van der Waals surface area contributed by atoms with Crippen molar-refractivity contribution in [1.29, 1.82) is 0 Å². The van der Waals surface area contributed by atoms with E-state index in [4.69, 9.17) is 22.2 Å². The summed E-state index contributed by atoms with van der Waals surface area (Å²) in [4.78, 5) is 0. The minimum Gasteiger partial charge on any atom is -0.489 e. The fraction of sp³-hybridized carbons (Fsp3) is 0.385. The van der Waals surface area contributed by atoms with E-state index in [1.54, 1.807) is 0 Å². The Morgan fingerprint density at radius 2 is 2.11 bits per heavy atom. The predicted molar refractivity (Wildman–Crippen MR) is 74.4 cm³/mol. The van der Waals surface area contributed by atoms with Crippen molar-refractivity contribution in [3.63, 3.8) is 0 Å². The quantitative estimate of drug-likeness (QED) is 0.574. The van der Waals surface area contributed by atoms with E-state index < -0.39 is 5.82 Å². The number of halogens is 2. The molecular formula is C13H17ClFN3O. The lowest BCUT2D eigenvalue weighted by atomic mass is 10.2. The molecule has 0 heterocycles. The molecule has 0 atom stereocenters. The molecular weight excluding hydrogens is 269 g/mol. The summed E-state index contributed by atoms with van der Waals surface area (Å²) in [6.07, 6.45) is 4.48. The number of ether oxygens (including phenoxy) is 1. The maximum atomic E-state index is 13.7. The Hall–Kier alpha value is -1.46. The molecule has 0 saturated heterocycles. The maximum Gasteiger partial charge on any atom is 0.148 e. The molecule has 1 aromatic carbocycles. The fourth-order valence-electron chi connectivity index (χ4n) is 2.10. The predicted octanol–water partition coefficient (Wildman–Crippen LogP) is 3.15. The molecule has 0 aromatic heterocycles. The highest BCUT2D eigenvalue weighted by Gasteiger charge is 2.19. The summed E-state index contributed by atoms with van der Waals surface area (Å²) in [6, 6.07) is 2.75. The zero-order valence-electron chi connectivity index (χ0n) is 10.5. The summed E-state index contributed by atoms with van der Waals surface area (Å²) in [5, 5.41) is 2.97. The lowest BCUT2D eigenvalue weighted by Gasteiger charge is -2.17. The first-order valence-electron chi connectivity index (χ1n) is 6.18. The van der Waals surface area contributed by atoms with Gasteiger partial charge in [0.2, 0.25) is 0 Å². The highest BCUT2D eigenvalue weighted by Crippen LogP contribution is 2.34. The summed E-state index contributed by atoms with van der Waals surface area (Å²) >= 11 is 5.99. The van der Waals surface area contributed by atoms with E-state index in [1.807, 2.05) is 0 Å². The van der Waals surface area contributed by atoms with Gasteiger partial charge in [0.15, 0.2) is 0 Å². The monoisotopic (exact) mass is 285 g/mol. The van der Waals surface area contributed by atoms with E-state index in [0.717, 1.165) is 25.7 Å². The molecule has 0 radical (unpaired) electrons. The van der Waals surface area contributed by atoms with E-state index in [-0.39, 0.29) is 22.6 Å². The Morgan fingerprint density at radius 1 is 1.42 bits per heavy atom. The standard InChI is InChI=1S/C13H17ClFN3O/c1-8(18-16)17-12-7-13(10(14)6-11(12)15)19-9-4-2-3-5-9/h6-7,9,17-18H,1-5,16H2. The summed E-state index contributed by atoms with van der Waals surface area (Å²) < 4.78 is 19.5. The molecule has 0 amide bonds. The van der Waals surface area contributed by atoms with Crippen LogP contribution in [0.1, 0.15) is 25.7 Å². The SMILES string of the molecule is C=C(NN)Nc1cc(OC2CCCC2)c(Cl)cc1F. The topological polar surface area (TPSA) is 59.3 Å². The van der Waals surface area contributed by atoms with E-state index in [1.165, 1.54) is 12.1 Å². The van der Waals surface area contributed by atoms with Gasteiger partial charge in [0.25, 0.3) is 0 Å². The molecule has 1 aliphatic carbocycles. The summed E-state index contributed by atoms with van der Waals surface area (Å²) in [5.41, 5.74) is 2.52. The minimum absolute atomic E-state index is 0.159. The number of nitrogens with two attached hydrogens (primary N) is 1. The average molecular weight is 286 g/mol. The minimum atomic E-state index is -0.486. The zero-order chi connectivity index (χ0) is 13.8. The van der Waals surface area contributed by atoms with Crippen molar-refractivity contribution in [2.45, 2.75) is 31.8 Å². The van der Waals surface area contributed by atoms with Gasteiger partial charge < -0.3 is 15.5 Å². The van der Waals surface area contributed by atoms with Gasteiger partial charge in [-0.1, -0.05) is 18.2 Å². The van der Waals surface area contributed by atoms with Crippen molar-refractivity contribution in [1.82, 2.24) is 5.43 Å². The first kappa shape index (κ1) is 14.0. The number of hydrogen-bond donors (Lipinski definition) is 3. The summed E-state index contributed by atoms with van der Waals surface area (Å²) in [5.74, 6) is 5.45. The van der Waals surface area contributed by atoms with Crippen molar-refractivity contribution < 1.29 is 9.13 Å². The Kier molecular flexibility index (Phi) is 4.50. The highest BCUT2D eigenvalue weighted by molar-refractivity contribution is 6.32.